The molecule has 0 fully saturated rings. The Morgan fingerprint density at radius 1 is 1.56 bits per heavy atom. The molecule has 2 rings (SSSR count). The monoisotopic (exact) mass is 307 g/mol. The van der Waals surface area contributed by atoms with Crippen molar-refractivity contribution in [3.63, 3.8) is 0 Å². The molecule has 1 amide bonds. The third-order valence-electron chi connectivity index (χ3n) is 3.31. The van der Waals surface area contributed by atoms with Gasteiger partial charge in [-0.25, -0.2) is 0 Å². The molecule has 1 aromatic rings. The van der Waals surface area contributed by atoms with E-state index in [0.717, 1.165) is 36.0 Å². The zero-order valence-electron chi connectivity index (χ0n) is 10.7. The van der Waals surface area contributed by atoms with E-state index in [4.69, 9.17) is 0 Å². The molecule has 0 spiro atoms. The number of carbonyl (C=O) groups excluding carboxylic acids is 1. The average Bonchev–Trinajstić information content (AvgIpc) is 2.34. The van der Waals surface area contributed by atoms with E-state index in [2.05, 4.69) is 41.6 Å². The van der Waals surface area contributed by atoms with Crippen molar-refractivity contribution >= 4 is 27.5 Å². The Morgan fingerprint density at radius 3 is 3.06 bits per heavy atom. The summed E-state index contributed by atoms with van der Waals surface area (Å²) in [5, 5.41) is 0. The molecule has 0 unspecified atom stereocenters. The molecule has 0 atom stereocenters. The predicted octanol–water partition coefficient (Wildman–Crippen LogP) is 4.00. The number of nitrogens with zero attached hydrogens (tertiary/aromatic N) is 1. The lowest BCUT2D eigenvalue weighted by molar-refractivity contribution is -0.118. The van der Waals surface area contributed by atoms with Crippen molar-refractivity contribution in [2.24, 2.45) is 0 Å². The van der Waals surface area contributed by atoms with Gasteiger partial charge in [-0.2, -0.15) is 0 Å². The third-order valence-corrected chi connectivity index (χ3v) is 3.76. The number of carbonyl (C=O) groups is 1. The van der Waals surface area contributed by atoms with Crippen LogP contribution in [0.2, 0.25) is 0 Å². The molecule has 0 bridgehead atoms. The smallest absolute Gasteiger partial charge is 0.227 e. The van der Waals surface area contributed by atoms with Crippen molar-refractivity contribution in [3.8, 4) is 0 Å². The minimum atomic E-state index is 0.210. The van der Waals surface area contributed by atoms with Gasteiger partial charge in [0.25, 0.3) is 0 Å². The Balaban J connectivity index is 2.32. The number of hydrogen-bond acceptors (Lipinski definition) is 1. The number of benzene rings is 1. The number of fused-ring (bicyclic) bond motifs is 1. The summed E-state index contributed by atoms with van der Waals surface area (Å²) in [6, 6.07) is 4.22. The summed E-state index contributed by atoms with van der Waals surface area (Å²) < 4.78 is 1.10. The van der Waals surface area contributed by atoms with E-state index in [-0.39, 0.29) is 5.91 Å². The zero-order valence-corrected chi connectivity index (χ0v) is 12.3. The van der Waals surface area contributed by atoms with Crippen LogP contribution in [0, 0.1) is 6.92 Å². The first-order valence-corrected chi connectivity index (χ1v) is 7.13. The van der Waals surface area contributed by atoms with Crippen molar-refractivity contribution in [1.82, 2.24) is 0 Å². The highest BCUT2D eigenvalue weighted by Crippen LogP contribution is 2.33. The molecule has 1 heterocycles. The molecule has 0 saturated carbocycles. The summed E-state index contributed by atoms with van der Waals surface area (Å²) in [7, 11) is 0. The molecule has 1 aliphatic rings. The number of anilines is 1. The van der Waals surface area contributed by atoms with Gasteiger partial charge < -0.3 is 4.90 Å². The Bertz CT molecular complexity index is 482. The van der Waals surface area contributed by atoms with E-state index >= 15 is 0 Å². The summed E-state index contributed by atoms with van der Waals surface area (Å²) in [5.41, 5.74) is 3.57. The van der Waals surface area contributed by atoms with Gasteiger partial charge in [-0.3, -0.25) is 4.79 Å². The lowest BCUT2D eigenvalue weighted by Gasteiger charge is -2.31. The largest absolute Gasteiger partial charge is 0.312 e. The number of aryl methyl sites for hydroxylation is 2. The first kappa shape index (κ1) is 13.3. The van der Waals surface area contributed by atoms with Crippen LogP contribution in [0.4, 0.5) is 5.69 Å². The van der Waals surface area contributed by atoms with Crippen molar-refractivity contribution in [3.05, 3.63) is 40.4 Å². The van der Waals surface area contributed by atoms with Crippen LogP contribution in [0.5, 0.6) is 0 Å². The van der Waals surface area contributed by atoms with Crippen LogP contribution in [0.1, 0.15) is 30.4 Å². The predicted molar refractivity (Wildman–Crippen MR) is 79.0 cm³/mol. The van der Waals surface area contributed by atoms with Gasteiger partial charge in [0.15, 0.2) is 0 Å². The molecule has 0 saturated heterocycles. The topological polar surface area (TPSA) is 20.3 Å². The molecule has 0 N–H and O–H groups in total. The van der Waals surface area contributed by atoms with Gasteiger partial charge in [0.05, 0.1) is 0 Å². The fourth-order valence-electron chi connectivity index (χ4n) is 2.53. The highest BCUT2D eigenvalue weighted by molar-refractivity contribution is 9.10. The van der Waals surface area contributed by atoms with Crippen LogP contribution in [0.3, 0.4) is 0 Å². The highest BCUT2D eigenvalue weighted by Gasteiger charge is 2.23. The van der Waals surface area contributed by atoms with Crippen molar-refractivity contribution in [2.45, 2.75) is 32.6 Å². The Labute approximate surface area is 117 Å². The first-order valence-electron chi connectivity index (χ1n) is 6.33. The first-order chi connectivity index (χ1) is 8.63. The van der Waals surface area contributed by atoms with E-state index < -0.39 is 0 Å². The van der Waals surface area contributed by atoms with Crippen molar-refractivity contribution < 1.29 is 4.79 Å². The van der Waals surface area contributed by atoms with E-state index in [9.17, 15) is 4.79 Å². The van der Waals surface area contributed by atoms with Crippen molar-refractivity contribution in [2.75, 3.05) is 11.4 Å². The second-order valence-corrected chi connectivity index (χ2v) is 5.62. The van der Waals surface area contributed by atoms with Gasteiger partial charge in [-0.05, 0) is 49.4 Å². The standard InChI is InChI=1S/C15H18BrNO/c1-3-4-7-14(18)17-8-5-6-12-10-13(16)9-11(2)15(12)17/h3,9-10H,1,4-8H2,2H3. The molecule has 0 aromatic heterocycles. The maximum atomic E-state index is 12.2. The van der Waals surface area contributed by atoms with Gasteiger partial charge >= 0.3 is 0 Å². The highest BCUT2D eigenvalue weighted by atomic mass is 79.9. The van der Waals surface area contributed by atoms with Crippen LogP contribution >= 0.6 is 15.9 Å². The summed E-state index contributed by atoms with van der Waals surface area (Å²) >= 11 is 3.52. The van der Waals surface area contributed by atoms with E-state index in [1.807, 2.05) is 4.90 Å². The number of rotatable bonds is 3. The fraction of sp³-hybridized carbons (Fsp3) is 0.400. The van der Waals surface area contributed by atoms with Crippen LogP contribution < -0.4 is 4.90 Å². The molecular weight excluding hydrogens is 290 g/mol. The second kappa shape index (κ2) is 5.70. The van der Waals surface area contributed by atoms with Gasteiger partial charge in [-0.1, -0.05) is 22.0 Å². The average molecular weight is 308 g/mol. The quantitative estimate of drug-likeness (QED) is 0.773. The number of hydrogen-bond donors (Lipinski definition) is 0. The van der Waals surface area contributed by atoms with Crippen molar-refractivity contribution in [1.29, 1.82) is 0 Å². The van der Waals surface area contributed by atoms with E-state index in [1.54, 1.807) is 6.08 Å². The summed E-state index contributed by atoms with van der Waals surface area (Å²) in [4.78, 5) is 14.2. The number of allylic oxidation sites excluding steroid dienone is 1. The third kappa shape index (κ3) is 2.66. The Morgan fingerprint density at radius 2 is 2.33 bits per heavy atom. The fourth-order valence-corrected chi connectivity index (χ4v) is 3.15. The zero-order chi connectivity index (χ0) is 13.1. The minimum Gasteiger partial charge on any atom is -0.312 e. The molecular formula is C15H18BrNO. The molecule has 3 heteroatoms. The molecule has 18 heavy (non-hydrogen) atoms. The molecule has 2 nitrogen and oxygen atoms in total. The van der Waals surface area contributed by atoms with E-state index in [1.165, 1.54) is 11.1 Å². The Hall–Kier alpha value is -1.09. The molecule has 96 valence electrons. The lowest BCUT2D eigenvalue weighted by Crippen LogP contribution is -2.35. The normalized spacial score (nSPS) is 14.2. The van der Waals surface area contributed by atoms with Gasteiger partial charge in [0.1, 0.15) is 0 Å². The molecule has 0 aliphatic carbocycles. The maximum absolute atomic E-state index is 12.2. The van der Waals surface area contributed by atoms with Crippen LogP contribution in [0.15, 0.2) is 29.3 Å². The second-order valence-electron chi connectivity index (χ2n) is 4.71. The van der Waals surface area contributed by atoms with Crippen LogP contribution in [-0.2, 0) is 11.2 Å². The van der Waals surface area contributed by atoms with Gasteiger partial charge in [0.2, 0.25) is 5.91 Å². The minimum absolute atomic E-state index is 0.210. The summed E-state index contributed by atoms with van der Waals surface area (Å²) in [6.45, 7) is 6.59. The van der Waals surface area contributed by atoms with E-state index in [0.29, 0.717) is 6.42 Å². The molecule has 1 aliphatic heterocycles. The summed E-state index contributed by atoms with van der Waals surface area (Å²) in [6.07, 6.45) is 5.21. The number of halogens is 1. The molecule has 1 aromatic carbocycles. The van der Waals surface area contributed by atoms with Crippen LogP contribution in [0.25, 0.3) is 0 Å². The van der Waals surface area contributed by atoms with Gasteiger partial charge in [-0.15, -0.1) is 6.58 Å². The lowest BCUT2D eigenvalue weighted by atomic mass is 9.98. The SMILES string of the molecule is C=CCCC(=O)N1CCCc2cc(Br)cc(C)c21. The summed E-state index contributed by atoms with van der Waals surface area (Å²) in [5.74, 6) is 0.210. The maximum Gasteiger partial charge on any atom is 0.227 e. The number of amides is 1. The molecule has 0 radical (unpaired) electrons. The van der Waals surface area contributed by atoms with Gasteiger partial charge in [0, 0.05) is 23.1 Å². The Kier molecular flexibility index (Phi) is 4.23. The van der Waals surface area contributed by atoms with Crippen LogP contribution in [-0.4, -0.2) is 12.5 Å².